The Morgan fingerprint density at radius 1 is 0.742 bits per heavy atom. The van der Waals surface area contributed by atoms with Crippen LogP contribution in [0.15, 0.2) is 109 Å². The normalized spacial score (nSPS) is 10.8. The average molecular weight is 410 g/mol. The van der Waals surface area contributed by atoms with Crippen molar-refractivity contribution in [1.29, 1.82) is 0 Å². The summed E-state index contributed by atoms with van der Waals surface area (Å²) in [6, 6.07) is 33.7. The third kappa shape index (κ3) is 4.89. The zero-order valence-electron chi connectivity index (χ0n) is 17.4. The standard InChI is InChI=1S/C28H24FNO/c1-21-12-16-25(17-13-21)28(31)30(20-22-14-18-26(29)19-15-22)27(23-8-4-2-5-9-23)24-10-6-3-7-11-24/h2-19,27H,20H2,1H3. The molecule has 0 radical (unpaired) electrons. The highest BCUT2D eigenvalue weighted by atomic mass is 19.1. The Balaban J connectivity index is 1.82. The van der Waals surface area contributed by atoms with Gasteiger partial charge in [-0.05, 0) is 47.9 Å². The highest BCUT2D eigenvalue weighted by molar-refractivity contribution is 5.94. The van der Waals surface area contributed by atoms with Gasteiger partial charge in [0.25, 0.3) is 5.91 Å². The molecule has 0 aliphatic carbocycles. The minimum Gasteiger partial charge on any atom is -0.323 e. The number of benzene rings is 4. The summed E-state index contributed by atoms with van der Waals surface area (Å²) in [7, 11) is 0. The largest absolute Gasteiger partial charge is 0.323 e. The molecule has 0 saturated heterocycles. The second-order valence-corrected chi connectivity index (χ2v) is 7.65. The van der Waals surface area contributed by atoms with E-state index in [9.17, 15) is 9.18 Å². The zero-order valence-corrected chi connectivity index (χ0v) is 17.4. The van der Waals surface area contributed by atoms with Gasteiger partial charge in [0.15, 0.2) is 0 Å². The van der Waals surface area contributed by atoms with Crippen molar-refractivity contribution in [3.8, 4) is 0 Å². The molecule has 0 aromatic heterocycles. The Labute approximate surface area is 182 Å². The van der Waals surface area contributed by atoms with E-state index in [1.165, 1.54) is 12.1 Å². The van der Waals surface area contributed by atoms with E-state index in [0.29, 0.717) is 12.1 Å². The molecule has 1 amide bonds. The second-order valence-electron chi connectivity index (χ2n) is 7.65. The van der Waals surface area contributed by atoms with Gasteiger partial charge in [0.1, 0.15) is 5.82 Å². The van der Waals surface area contributed by atoms with Crippen LogP contribution in [0, 0.1) is 12.7 Å². The van der Waals surface area contributed by atoms with E-state index in [1.807, 2.05) is 96.8 Å². The van der Waals surface area contributed by atoms with Crippen molar-refractivity contribution in [2.45, 2.75) is 19.5 Å². The Morgan fingerprint density at radius 2 is 1.26 bits per heavy atom. The van der Waals surface area contributed by atoms with Crippen LogP contribution in [0.1, 0.15) is 38.7 Å². The molecule has 4 aromatic carbocycles. The van der Waals surface area contributed by atoms with Crippen molar-refractivity contribution in [2.75, 3.05) is 0 Å². The molecule has 154 valence electrons. The Bertz CT molecular complexity index is 1080. The smallest absolute Gasteiger partial charge is 0.254 e. The van der Waals surface area contributed by atoms with Crippen LogP contribution in [0.3, 0.4) is 0 Å². The summed E-state index contributed by atoms with van der Waals surface area (Å²) >= 11 is 0. The summed E-state index contributed by atoms with van der Waals surface area (Å²) in [5.41, 5.74) is 4.65. The maximum atomic E-state index is 13.8. The molecule has 0 N–H and O–H groups in total. The predicted molar refractivity (Wildman–Crippen MR) is 122 cm³/mol. The van der Waals surface area contributed by atoms with Crippen molar-refractivity contribution in [3.05, 3.63) is 143 Å². The minimum atomic E-state index is -0.289. The average Bonchev–Trinajstić information content (AvgIpc) is 2.81. The van der Waals surface area contributed by atoms with Gasteiger partial charge in [0.2, 0.25) is 0 Å². The van der Waals surface area contributed by atoms with Crippen LogP contribution in [-0.4, -0.2) is 10.8 Å². The van der Waals surface area contributed by atoms with Gasteiger partial charge in [0, 0.05) is 12.1 Å². The third-order valence-electron chi connectivity index (χ3n) is 5.37. The lowest BCUT2D eigenvalue weighted by Crippen LogP contribution is -2.35. The Hall–Kier alpha value is -3.72. The van der Waals surface area contributed by atoms with Crippen LogP contribution in [0.25, 0.3) is 0 Å². The Morgan fingerprint density at radius 3 is 1.77 bits per heavy atom. The first kappa shape index (κ1) is 20.5. The lowest BCUT2D eigenvalue weighted by molar-refractivity contribution is 0.0690. The molecule has 0 aliphatic heterocycles. The number of hydrogen-bond donors (Lipinski definition) is 0. The SMILES string of the molecule is Cc1ccc(C(=O)N(Cc2ccc(F)cc2)C(c2ccccc2)c2ccccc2)cc1. The van der Waals surface area contributed by atoms with Crippen LogP contribution < -0.4 is 0 Å². The van der Waals surface area contributed by atoms with Crippen LogP contribution in [0.4, 0.5) is 4.39 Å². The topological polar surface area (TPSA) is 20.3 Å². The van der Waals surface area contributed by atoms with E-state index in [0.717, 1.165) is 22.3 Å². The van der Waals surface area contributed by atoms with E-state index < -0.39 is 0 Å². The van der Waals surface area contributed by atoms with E-state index in [1.54, 1.807) is 12.1 Å². The van der Waals surface area contributed by atoms with Gasteiger partial charge >= 0.3 is 0 Å². The monoisotopic (exact) mass is 409 g/mol. The van der Waals surface area contributed by atoms with Crippen molar-refractivity contribution < 1.29 is 9.18 Å². The first-order valence-corrected chi connectivity index (χ1v) is 10.3. The van der Waals surface area contributed by atoms with E-state index in [4.69, 9.17) is 0 Å². The molecular formula is C28H24FNO. The van der Waals surface area contributed by atoms with Crippen molar-refractivity contribution in [1.82, 2.24) is 4.90 Å². The van der Waals surface area contributed by atoms with Gasteiger partial charge in [-0.25, -0.2) is 4.39 Å². The third-order valence-corrected chi connectivity index (χ3v) is 5.37. The number of carbonyl (C=O) groups is 1. The van der Waals surface area contributed by atoms with Crippen LogP contribution in [0.5, 0.6) is 0 Å². The van der Waals surface area contributed by atoms with E-state index in [2.05, 4.69) is 0 Å². The molecule has 4 rings (SSSR count). The molecule has 0 spiro atoms. The fourth-order valence-corrected chi connectivity index (χ4v) is 3.75. The van der Waals surface area contributed by atoms with Gasteiger partial charge in [-0.3, -0.25) is 4.79 Å². The molecule has 2 nitrogen and oxygen atoms in total. The molecule has 31 heavy (non-hydrogen) atoms. The molecule has 0 aliphatic rings. The number of halogens is 1. The number of hydrogen-bond acceptors (Lipinski definition) is 1. The maximum Gasteiger partial charge on any atom is 0.254 e. The lowest BCUT2D eigenvalue weighted by atomic mass is 9.95. The van der Waals surface area contributed by atoms with Crippen molar-refractivity contribution in [3.63, 3.8) is 0 Å². The van der Waals surface area contributed by atoms with Gasteiger partial charge < -0.3 is 4.90 Å². The summed E-state index contributed by atoms with van der Waals surface area (Å²) in [5, 5.41) is 0. The molecule has 0 bridgehead atoms. The van der Waals surface area contributed by atoms with Crippen molar-refractivity contribution in [2.24, 2.45) is 0 Å². The molecule has 0 unspecified atom stereocenters. The van der Waals surface area contributed by atoms with Gasteiger partial charge in [-0.15, -0.1) is 0 Å². The lowest BCUT2D eigenvalue weighted by Gasteiger charge is -2.33. The van der Waals surface area contributed by atoms with Crippen molar-refractivity contribution >= 4 is 5.91 Å². The number of rotatable bonds is 6. The summed E-state index contributed by atoms with van der Waals surface area (Å²) in [4.78, 5) is 15.6. The predicted octanol–water partition coefficient (Wildman–Crippen LogP) is 6.57. The number of aryl methyl sites for hydroxylation is 1. The number of nitrogens with zero attached hydrogens (tertiary/aromatic N) is 1. The van der Waals surface area contributed by atoms with Crippen LogP contribution in [-0.2, 0) is 6.54 Å². The molecule has 4 aromatic rings. The maximum absolute atomic E-state index is 13.8. The fourth-order valence-electron chi connectivity index (χ4n) is 3.75. The summed E-state index contributed by atoms with van der Waals surface area (Å²) < 4.78 is 13.5. The Kier molecular flexibility index (Phi) is 6.23. The molecular weight excluding hydrogens is 385 g/mol. The molecule has 3 heteroatoms. The van der Waals surface area contributed by atoms with E-state index in [-0.39, 0.29) is 17.8 Å². The van der Waals surface area contributed by atoms with Gasteiger partial charge in [0.05, 0.1) is 6.04 Å². The molecule has 0 fully saturated rings. The first-order valence-electron chi connectivity index (χ1n) is 10.3. The molecule has 0 atom stereocenters. The zero-order chi connectivity index (χ0) is 21.6. The minimum absolute atomic E-state index is 0.0676. The van der Waals surface area contributed by atoms with Gasteiger partial charge in [-0.1, -0.05) is 90.5 Å². The van der Waals surface area contributed by atoms with Gasteiger partial charge in [-0.2, -0.15) is 0 Å². The quantitative estimate of drug-likeness (QED) is 0.353. The van der Waals surface area contributed by atoms with Crippen LogP contribution >= 0.6 is 0 Å². The van der Waals surface area contributed by atoms with Crippen LogP contribution in [0.2, 0.25) is 0 Å². The highest BCUT2D eigenvalue weighted by Gasteiger charge is 2.27. The van der Waals surface area contributed by atoms with E-state index >= 15 is 0 Å². The number of carbonyl (C=O) groups excluding carboxylic acids is 1. The first-order chi connectivity index (χ1) is 15.1. The summed E-state index contributed by atoms with van der Waals surface area (Å²) in [6.07, 6.45) is 0. The fraction of sp³-hybridized carbons (Fsp3) is 0.107. The summed E-state index contributed by atoms with van der Waals surface area (Å²) in [6.45, 7) is 2.36. The molecule has 0 saturated carbocycles. The molecule has 0 heterocycles. The second kappa shape index (κ2) is 9.40. The highest BCUT2D eigenvalue weighted by Crippen LogP contribution is 2.31. The number of amides is 1. The summed E-state index contributed by atoms with van der Waals surface area (Å²) in [5.74, 6) is -0.357.